The predicted octanol–water partition coefficient (Wildman–Crippen LogP) is 5.44. The smallest absolute Gasteiger partial charge is 0.419 e. The van der Waals surface area contributed by atoms with E-state index in [9.17, 15) is 22.1 Å². The van der Waals surface area contributed by atoms with Crippen molar-refractivity contribution in [3.63, 3.8) is 0 Å². The molecule has 0 saturated heterocycles. The van der Waals surface area contributed by atoms with Crippen molar-refractivity contribution in [3.8, 4) is 16.8 Å². The molecule has 1 N–H and O–H groups in total. The van der Waals surface area contributed by atoms with Gasteiger partial charge >= 0.3 is 6.18 Å². The average Bonchev–Trinajstić information content (AvgIpc) is 3.34. The van der Waals surface area contributed by atoms with Gasteiger partial charge in [-0.3, -0.25) is 4.57 Å². The monoisotopic (exact) mass is 513 g/mol. The van der Waals surface area contributed by atoms with Crippen molar-refractivity contribution >= 4 is 28.0 Å². The largest absolute Gasteiger partial charge is 0.593 e. The van der Waals surface area contributed by atoms with Crippen LogP contribution >= 0.6 is 0 Å². The highest BCUT2D eigenvalue weighted by molar-refractivity contribution is 7.89. The summed E-state index contributed by atoms with van der Waals surface area (Å²) >= 11 is -1.69. The SMILES string of the molecule is Cc1nnc2n1-c1c(c(F)c(F)c(-c3cc(F)cc4c3ccn4[S+](C)[O-])c1C(F)(F)F)NC2(C)C. The number of anilines is 1. The lowest BCUT2D eigenvalue weighted by atomic mass is 9.90. The molecule has 2 aromatic heterocycles. The van der Waals surface area contributed by atoms with E-state index >= 15 is 8.78 Å². The Balaban J connectivity index is 1.99. The van der Waals surface area contributed by atoms with Crippen LogP contribution in [0.4, 0.5) is 32.0 Å². The van der Waals surface area contributed by atoms with Gasteiger partial charge in [-0.25, -0.2) is 13.2 Å². The Morgan fingerprint density at radius 2 is 1.77 bits per heavy atom. The van der Waals surface area contributed by atoms with Crippen molar-refractivity contribution in [1.82, 2.24) is 18.7 Å². The van der Waals surface area contributed by atoms with Gasteiger partial charge in [-0.15, -0.1) is 10.2 Å². The molecule has 35 heavy (non-hydrogen) atoms. The van der Waals surface area contributed by atoms with Gasteiger partial charge in [-0.1, -0.05) is 0 Å². The Morgan fingerprint density at radius 3 is 2.40 bits per heavy atom. The summed E-state index contributed by atoms with van der Waals surface area (Å²) in [4.78, 5) is 0. The average molecular weight is 513 g/mol. The van der Waals surface area contributed by atoms with Crippen LogP contribution in [0.15, 0.2) is 24.4 Å². The number of hydrogen-bond donors (Lipinski definition) is 1. The molecule has 2 aromatic carbocycles. The van der Waals surface area contributed by atoms with Crippen LogP contribution in [0.2, 0.25) is 0 Å². The summed E-state index contributed by atoms with van der Waals surface area (Å²) in [7, 11) is 0. The molecule has 0 aliphatic carbocycles. The minimum Gasteiger partial charge on any atom is -0.593 e. The summed E-state index contributed by atoms with van der Waals surface area (Å²) in [6.45, 7) is 4.47. The van der Waals surface area contributed by atoms with Gasteiger partial charge in [0.15, 0.2) is 17.5 Å². The summed E-state index contributed by atoms with van der Waals surface area (Å²) in [5.74, 6) is -4.29. The van der Waals surface area contributed by atoms with Crippen LogP contribution in [0.5, 0.6) is 0 Å². The third kappa shape index (κ3) is 3.32. The molecule has 0 fully saturated rings. The van der Waals surface area contributed by atoms with Crippen LogP contribution in [0, 0.1) is 24.4 Å². The van der Waals surface area contributed by atoms with Crippen molar-refractivity contribution in [3.05, 3.63) is 59.1 Å². The normalized spacial score (nSPS) is 15.6. The van der Waals surface area contributed by atoms with E-state index < -0.39 is 68.6 Å². The van der Waals surface area contributed by atoms with Gasteiger partial charge < -0.3 is 9.87 Å². The van der Waals surface area contributed by atoms with Crippen molar-refractivity contribution in [2.24, 2.45) is 0 Å². The maximum Gasteiger partial charge on any atom is 0.419 e. The second kappa shape index (κ2) is 7.40. The first-order valence-electron chi connectivity index (χ1n) is 10.2. The van der Waals surface area contributed by atoms with E-state index in [2.05, 4.69) is 15.5 Å². The van der Waals surface area contributed by atoms with Crippen LogP contribution < -0.4 is 5.32 Å². The Bertz CT molecular complexity index is 1520. The van der Waals surface area contributed by atoms with Crippen LogP contribution in [-0.4, -0.2) is 29.5 Å². The summed E-state index contributed by atoms with van der Waals surface area (Å²) in [5.41, 5.74) is -5.87. The quantitative estimate of drug-likeness (QED) is 0.287. The minimum absolute atomic E-state index is 0.0233. The molecule has 0 amide bonds. The van der Waals surface area contributed by atoms with Crippen molar-refractivity contribution < 1.29 is 30.9 Å². The number of nitrogens with zero attached hydrogens (tertiary/aromatic N) is 4. The first kappa shape index (κ1) is 23.5. The molecule has 1 unspecified atom stereocenters. The van der Waals surface area contributed by atoms with E-state index in [1.54, 1.807) is 0 Å². The number of alkyl halides is 3. The fourth-order valence-corrected chi connectivity index (χ4v) is 5.22. The molecule has 4 aromatic rings. The molecule has 3 heterocycles. The Hall–Kier alpha value is -3.19. The first-order chi connectivity index (χ1) is 16.2. The number of hydrogen-bond acceptors (Lipinski definition) is 4. The highest BCUT2D eigenvalue weighted by Crippen LogP contribution is 2.51. The maximum absolute atomic E-state index is 15.6. The lowest BCUT2D eigenvalue weighted by Gasteiger charge is -2.36. The van der Waals surface area contributed by atoms with Gasteiger partial charge in [0.25, 0.3) is 0 Å². The van der Waals surface area contributed by atoms with Gasteiger partial charge in [0.05, 0.1) is 40.0 Å². The minimum atomic E-state index is -5.19. The zero-order chi connectivity index (χ0) is 25.6. The third-order valence-electron chi connectivity index (χ3n) is 5.97. The lowest BCUT2D eigenvalue weighted by molar-refractivity contribution is -0.137. The molecule has 13 heteroatoms. The van der Waals surface area contributed by atoms with E-state index in [0.717, 1.165) is 14.6 Å². The molecular weight excluding hydrogens is 496 g/mol. The zero-order valence-corrected chi connectivity index (χ0v) is 19.5. The van der Waals surface area contributed by atoms with Crippen molar-refractivity contribution in [1.29, 1.82) is 0 Å². The molecule has 1 aliphatic heterocycles. The van der Waals surface area contributed by atoms with Crippen LogP contribution in [-0.2, 0) is 23.1 Å². The lowest BCUT2D eigenvalue weighted by Crippen LogP contribution is -2.38. The highest BCUT2D eigenvalue weighted by atomic mass is 32.2. The van der Waals surface area contributed by atoms with E-state index in [1.165, 1.54) is 39.3 Å². The molecule has 0 saturated carbocycles. The van der Waals surface area contributed by atoms with E-state index in [0.29, 0.717) is 6.07 Å². The Labute approximate surface area is 197 Å². The third-order valence-corrected chi connectivity index (χ3v) is 6.84. The van der Waals surface area contributed by atoms with Crippen molar-refractivity contribution in [2.75, 3.05) is 11.6 Å². The molecule has 0 bridgehead atoms. The van der Waals surface area contributed by atoms with Gasteiger partial charge in [0.2, 0.25) is 0 Å². The molecule has 5 rings (SSSR count). The van der Waals surface area contributed by atoms with Crippen LogP contribution in [0.1, 0.15) is 31.1 Å². The fourth-order valence-electron chi connectivity index (χ4n) is 4.56. The topological polar surface area (TPSA) is 70.7 Å². The number of aromatic nitrogens is 4. The number of halogens is 6. The number of fused-ring (bicyclic) bond motifs is 4. The first-order valence-corrected chi connectivity index (χ1v) is 11.7. The van der Waals surface area contributed by atoms with E-state index in [1.807, 2.05) is 0 Å². The summed E-state index contributed by atoms with van der Waals surface area (Å²) in [5, 5.41) is 10.4. The standard InChI is InChI=1S/C22H17F6N5OS/c1-9-30-31-20-21(2,3)29-18-17(25)16(24)14(15(22(26,27)28)19(18)33(9)20)12-7-10(23)8-13-11(12)5-6-32(13)35(4)34/h5-8,29H,1-4H3. The van der Waals surface area contributed by atoms with Gasteiger partial charge in [-0.05, 0) is 38.5 Å². The van der Waals surface area contributed by atoms with Crippen molar-refractivity contribution in [2.45, 2.75) is 32.5 Å². The molecular formula is C22H17F6N5OS. The van der Waals surface area contributed by atoms with E-state index in [-0.39, 0.29) is 22.6 Å². The van der Waals surface area contributed by atoms with Gasteiger partial charge in [0, 0.05) is 17.0 Å². The predicted molar refractivity (Wildman–Crippen MR) is 118 cm³/mol. The Morgan fingerprint density at radius 1 is 1.09 bits per heavy atom. The molecule has 0 spiro atoms. The van der Waals surface area contributed by atoms with Gasteiger partial charge in [-0.2, -0.15) is 17.1 Å². The van der Waals surface area contributed by atoms with Crippen LogP contribution in [0.25, 0.3) is 27.7 Å². The molecule has 6 nitrogen and oxygen atoms in total. The second-order valence-corrected chi connectivity index (χ2v) is 9.95. The fraction of sp³-hybridized carbons (Fsp3) is 0.273. The highest BCUT2D eigenvalue weighted by Gasteiger charge is 2.47. The second-order valence-electron chi connectivity index (χ2n) is 8.71. The number of rotatable bonds is 2. The summed E-state index contributed by atoms with van der Waals surface area (Å²) in [6.07, 6.45) is -2.64. The number of aryl methyl sites for hydroxylation is 1. The molecule has 184 valence electrons. The molecule has 1 atom stereocenters. The zero-order valence-electron chi connectivity index (χ0n) is 18.7. The van der Waals surface area contributed by atoms with E-state index in [4.69, 9.17) is 0 Å². The van der Waals surface area contributed by atoms with Gasteiger partial charge in [0.1, 0.15) is 23.4 Å². The molecule has 1 aliphatic rings. The number of benzene rings is 2. The Kier molecular flexibility index (Phi) is 4.98. The number of nitrogens with one attached hydrogen (secondary N) is 1. The molecule has 0 radical (unpaired) electrons. The van der Waals surface area contributed by atoms with Crippen LogP contribution in [0.3, 0.4) is 0 Å². The summed E-state index contributed by atoms with van der Waals surface area (Å²) in [6, 6.07) is 2.94. The summed E-state index contributed by atoms with van der Waals surface area (Å²) < 4.78 is 104. The maximum atomic E-state index is 15.6.